The molecule has 0 amide bonds. The van der Waals surface area contributed by atoms with Crippen LogP contribution in [-0.4, -0.2) is 0 Å². The molecule has 0 saturated carbocycles. The summed E-state index contributed by atoms with van der Waals surface area (Å²) < 4.78 is 6.49. The van der Waals surface area contributed by atoms with Gasteiger partial charge in [-0.2, -0.15) is 0 Å². The maximum atomic E-state index is 6.49. The molecule has 0 fully saturated rings. The number of hydrogen-bond donors (Lipinski definition) is 0. The molecule has 0 saturated heterocycles. The molecule has 10 aromatic rings. The van der Waals surface area contributed by atoms with Crippen LogP contribution >= 0.6 is 0 Å². The third-order valence-electron chi connectivity index (χ3n) is 10.2. The van der Waals surface area contributed by atoms with Crippen LogP contribution in [-0.2, 0) is 0 Å². The largest absolute Gasteiger partial charge is 0.455 e. The normalized spacial score (nSPS) is 11.5. The van der Waals surface area contributed by atoms with Gasteiger partial charge < -0.3 is 9.32 Å². The van der Waals surface area contributed by atoms with E-state index < -0.39 is 0 Å². The molecule has 0 unspecified atom stereocenters. The van der Waals surface area contributed by atoms with Gasteiger partial charge in [0.25, 0.3) is 0 Å². The molecule has 2 nitrogen and oxygen atoms in total. The summed E-state index contributed by atoms with van der Waals surface area (Å²) in [5, 5.41) is 8.41. The molecule has 244 valence electrons. The second-order valence-electron chi connectivity index (χ2n) is 13.4. The van der Waals surface area contributed by atoms with Crippen LogP contribution in [0.15, 0.2) is 205 Å². The second kappa shape index (κ2) is 12.5. The fraction of sp³-hybridized carbons (Fsp3) is 0. The maximum Gasteiger partial charge on any atom is 0.142 e. The van der Waals surface area contributed by atoms with Crippen LogP contribution in [0.1, 0.15) is 0 Å². The number of anilines is 3. The van der Waals surface area contributed by atoms with E-state index in [-0.39, 0.29) is 0 Å². The first kappa shape index (κ1) is 30.0. The maximum absolute atomic E-state index is 6.49. The molecule has 0 aliphatic rings. The Labute approximate surface area is 302 Å². The Hall–Kier alpha value is -6.90. The van der Waals surface area contributed by atoms with Crippen LogP contribution in [0.25, 0.3) is 76.9 Å². The van der Waals surface area contributed by atoms with Gasteiger partial charge in [-0.15, -0.1) is 0 Å². The average molecular weight is 664 g/mol. The lowest BCUT2D eigenvalue weighted by Crippen LogP contribution is -2.09. The summed E-state index contributed by atoms with van der Waals surface area (Å²) in [6.07, 6.45) is 0. The predicted octanol–water partition coefficient (Wildman–Crippen LogP) is 14.4. The zero-order chi connectivity index (χ0) is 34.4. The number of benzene rings is 9. The zero-order valence-electron chi connectivity index (χ0n) is 28.4. The lowest BCUT2D eigenvalue weighted by Gasteiger charge is -2.26. The van der Waals surface area contributed by atoms with Gasteiger partial charge in [0.1, 0.15) is 11.3 Å². The first-order chi connectivity index (χ1) is 25.7. The summed E-state index contributed by atoms with van der Waals surface area (Å²) in [7, 11) is 0. The third kappa shape index (κ3) is 5.39. The molecule has 9 aromatic carbocycles. The molecule has 0 spiro atoms. The number of hydrogen-bond acceptors (Lipinski definition) is 2. The summed E-state index contributed by atoms with van der Waals surface area (Å²) >= 11 is 0. The van der Waals surface area contributed by atoms with Gasteiger partial charge in [-0.05, 0) is 116 Å². The smallest absolute Gasteiger partial charge is 0.142 e. The second-order valence-corrected chi connectivity index (χ2v) is 13.4. The molecule has 2 heteroatoms. The van der Waals surface area contributed by atoms with E-state index in [1.54, 1.807) is 0 Å². The Balaban J connectivity index is 1.02. The van der Waals surface area contributed by atoms with Crippen LogP contribution < -0.4 is 4.90 Å². The van der Waals surface area contributed by atoms with Crippen molar-refractivity contribution in [2.45, 2.75) is 0 Å². The van der Waals surface area contributed by atoms with Gasteiger partial charge in [0.2, 0.25) is 0 Å². The number of nitrogens with zero attached hydrogens (tertiary/aromatic N) is 1. The topological polar surface area (TPSA) is 16.4 Å². The van der Waals surface area contributed by atoms with Gasteiger partial charge >= 0.3 is 0 Å². The molecule has 0 bridgehead atoms. The van der Waals surface area contributed by atoms with Crippen molar-refractivity contribution in [3.63, 3.8) is 0 Å². The number of rotatable bonds is 6. The molecule has 0 radical (unpaired) electrons. The highest BCUT2D eigenvalue weighted by atomic mass is 16.3. The molecule has 52 heavy (non-hydrogen) atoms. The number of fused-ring (bicyclic) bond motifs is 5. The van der Waals surface area contributed by atoms with Gasteiger partial charge in [-0.25, -0.2) is 0 Å². The predicted molar refractivity (Wildman–Crippen MR) is 220 cm³/mol. The van der Waals surface area contributed by atoms with E-state index in [4.69, 9.17) is 4.42 Å². The van der Waals surface area contributed by atoms with Crippen molar-refractivity contribution in [3.8, 4) is 33.6 Å². The summed E-state index contributed by atoms with van der Waals surface area (Å²) in [4.78, 5) is 2.32. The SMILES string of the molecule is c1ccc2cc(-c3ccc(N(c4ccc(-c5ccc6ccccc6c5)cc4)c4ccc(-c5cc6ccc7ccccc7c6o5)cc4)cc3)ccc2c1. The first-order valence-electron chi connectivity index (χ1n) is 17.7. The Bertz CT molecular complexity index is 2760. The van der Waals surface area contributed by atoms with E-state index >= 15 is 0 Å². The zero-order valence-corrected chi connectivity index (χ0v) is 28.4. The van der Waals surface area contributed by atoms with Crippen molar-refractivity contribution in [3.05, 3.63) is 200 Å². The fourth-order valence-electron chi connectivity index (χ4n) is 7.48. The van der Waals surface area contributed by atoms with Crippen molar-refractivity contribution < 1.29 is 4.42 Å². The molecule has 0 aliphatic heterocycles. The van der Waals surface area contributed by atoms with Crippen molar-refractivity contribution >= 4 is 60.3 Å². The van der Waals surface area contributed by atoms with Crippen molar-refractivity contribution in [2.24, 2.45) is 0 Å². The molecule has 0 atom stereocenters. The van der Waals surface area contributed by atoms with Crippen molar-refractivity contribution in [2.75, 3.05) is 4.90 Å². The van der Waals surface area contributed by atoms with Crippen LogP contribution in [0.4, 0.5) is 17.1 Å². The first-order valence-corrected chi connectivity index (χ1v) is 17.7. The standard InChI is InChI=1S/C50H33NO/c1-3-10-40-31-42(16-13-34(40)7-1)36-19-25-45(26-20-36)51(46-27-21-37(22-28-46)43-17-14-35-8-2-4-11-41(35)32-43)47-29-23-39(24-30-47)49-33-44-18-15-38-9-5-6-12-48(38)50(44)52-49/h1-33H. The quantitative estimate of drug-likeness (QED) is 0.176. The molecule has 0 N–H and O–H groups in total. The highest BCUT2D eigenvalue weighted by molar-refractivity contribution is 6.05. The van der Waals surface area contributed by atoms with Crippen LogP contribution in [0.3, 0.4) is 0 Å². The lowest BCUT2D eigenvalue weighted by atomic mass is 10.00. The minimum Gasteiger partial charge on any atom is -0.455 e. The van der Waals surface area contributed by atoms with Gasteiger partial charge in [-0.3, -0.25) is 0 Å². The van der Waals surface area contributed by atoms with E-state index in [1.807, 2.05) is 0 Å². The van der Waals surface area contributed by atoms with Crippen LogP contribution in [0.2, 0.25) is 0 Å². The molecule has 10 rings (SSSR count). The Morgan fingerprint density at radius 3 is 1.23 bits per heavy atom. The molecular weight excluding hydrogens is 631 g/mol. The highest BCUT2D eigenvalue weighted by Gasteiger charge is 2.15. The molecule has 1 aromatic heterocycles. The van der Waals surface area contributed by atoms with Gasteiger partial charge in [0.15, 0.2) is 0 Å². The average Bonchev–Trinajstić information content (AvgIpc) is 3.67. The van der Waals surface area contributed by atoms with E-state index in [1.165, 1.54) is 49.2 Å². The van der Waals surface area contributed by atoms with Crippen LogP contribution in [0.5, 0.6) is 0 Å². The monoisotopic (exact) mass is 663 g/mol. The Kier molecular flexibility index (Phi) is 7.18. The van der Waals surface area contributed by atoms with E-state index in [9.17, 15) is 0 Å². The summed E-state index contributed by atoms with van der Waals surface area (Å²) in [5.41, 5.74) is 10.0. The van der Waals surface area contributed by atoms with E-state index in [0.717, 1.165) is 44.7 Å². The van der Waals surface area contributed by atoms with Crippen molar-refractivity contribution in [1.82, 2.24) is 0 Å². The fourth-order valence-corrected chi connectivity index (χ4v) is 7.48. The molecule has 0 aliphatic carbocycles. The lowest BCUT2D eigenvalue weighted by molar-refractivity contribution is 0.635. The van der Waals surface area contributed by atoms with E-state index in [2.05, 4.69) is 205 Å². The minimum atomic E-state index is 0.865. The Morgan fingerprint density at radius 2 is 0.692 bits per heavy atom. The highest BCUT2D eigenvalue weighted by Crippen LogP contribution is 2.39. The minimum absolute atomic E-state index is 0.865. The number of furan rings is 1. The summed E-state index contributed by atoms with van der Waals surface area (Å²) in [5.74, 6) is 0.865. The third-order valence-corrected chi connectivity index (χ3v) is 10.2. The molecule has 1 heterocycles. The Morgan fingerprint density at radius 1 is 0.288 bits per heavy atom. The van der Waals surface area contributed by atoms with E-state index in [0.29, 0.717) is 0 Å². The summed E-state index contributed by atoms with van der Waals surface area (Å²) in [6.45, 7) is 0. The van der Waals surface area contributed by atoms with Crippen molar-refractivity contribution in [1.29, 1.82) is 0 Å². The summed E-state index contributed by atoms with van der Waals surface area (Å²) in [6, 6.07) is 71.7. The van der Waals surface area contributed by atoms with Crippen LogP contribution in [0, 0.1) is 0 Å². The van der Waals surface area contributed by atoms with Gasteiger partial charge in [-0.1, -0.05) is 133 Å². The molecular formula is C50H33NO. The van der Waals surface area contributed by atoms with Gasteiger partial charge in [0, 0.05) is 33.4 Å². The van der Waals surface area contributed by atoms with Gasteiger partial charge in [0.05, 0.1) is 0 Å².